The average molecular weight is 193 g/mol. The highest BCUT2D eigenvalue weighted by molar-refractivity contribution is 5.96. The Labute approximate surface area is 70.2 Å². The number of pyridine rings is 1. The van der Waals surface area contributed by atoms with Crippen molar-refractivity contribution >= 4 is 5.78 Å². The zero-order chi connectivity index (χ0) is 10.0. The van der Waals surface area contributed by atoms with Gasteiger partial charge in [0, 0.05) is 6.07 Å². The molecule has 0 spiro atoms. The number of carbonyl (C=O) groups is 1. The summed E-state index contributed by atoms with van der Waals surface area (Å²) >= 11 is 0. The molecule has 70 valence electrons. The van der Waals surface area contributed by atoms with Gasteiger partial charge in [0.1, 0.15) is 11.5 Å². The highest BCUT2D eigenvalue weighted by atomic mass is 19.3. The monoisotopic (exact) mass is 193 g/mol. The number of halogens is 4. The predicted molar refractivity (Wildman–Crippen MR) is 34.5 cm³/mol. The molecule has 0 aliphatic heterocycles. The van der Waals surface area contributed by atoms with Crippen molar-refractivity contribution in [1.29, 1.82) is 0 Å². The van der Waals surface area contributed by atoms with Crippen LogP contribution in [-0.2, 0) is 0 Å². The van der Waals surface area contributed by atoms with Crippen molar-refractivity contribution < 1.29 is 22.4 Å². The highest BCUT2D eigenvalue weighted by Crippen LogP contribution is 2.10. The van der Waals surface area contributed by atoms with E-state index in [-0.39, 0.29) is 0 Å². The van der Waals surface area contributed by atoms with E-state index in [2.05, 4.69) is 4.98 Å². The number of carbonyl (C=O) groups excluding carboxylic acids is 1. The van der Waals surface area contributed by atoms with E-state index in [1.165, 1.54) is 0 Å². The maximum atomic E-state index is 12.6. The van der Waals surface area contributed by atoms with Crippen molar-refractivity contribution in [3.8, 4) is 0 Å². The van der Waals surface area contributed by atoms with Gasteiger partial charge in [-0.1, -0.05) is 0 Å². The molecular weight excluding hydrogens is 190 g/mol. The van der Waals surface area contributed by atoms with Gasteiger partial charge in [-0.2, -0.15) is 0 Å². The molecule has 2 nitrogen and oxygen atoms in total. The Kier molecular flexibility index (Phi) is 2.60. The lowest BCUT2D eigenvalue weighted by Gasteiger charge is -1.99. The summed E-state index contributed by atoms with van der Waals surface area (Å²) in [5, 5.41) is 0. The van der Waals surface area contributed by atoms with Gasteiger partial charge in [0.25, 0.3) is 0 Å². The van der Waals surface area contributed by atoms with Gasteiger partial charge < -0.3 is 0 Å². The summed E-state index contributed by atoms with van der Waals surface area (Å²) in [4.78, 5) is 13.4. The molecular formula is C7H3F4NO. The van der Waals surface area contributed by atoms with Crippen LogP contribution < -0.4 is 0 Å². The maximum Gasteiger partial charge on any atom is 0.302 e. The topological polar surface area (TPSA) is 30.0 Å². The van der Waals surface area contributed by atoms with E-state index >= 15 is 0 Å². The second kappa shape index (κ2) is 3.51. The lowest BCUT2D eigenvalue weighted by atomic mass is 10.2. The van der Waals surface area contributed by atoms with E-state index in [1.807, 2.05) is 0 Å². The molecule has 1 heterocycles. The number of hydrogen-bond donors (Lipinski definition) is 0. The van der Waals surface area contributed by atoms with Crippen LogP contribution in [0.2, 0.25) is 0 Å². The molecule has 1 aromatic heterocycles. The Hall–Kier alpha value is -1.46. The van der Waals surface area contributed by atoms with Crippen LogP contribution >= 0.6 is 0 Å². The first-order valence-corrected chi connectivity index (χ1v) is 3.16. The van der Waals surface area contributed by atoms with E-state index in [4.69, 9.17) is 0 Å². The molecule has 0 aliphatic carbocycles. The molecule has 0 saturated heterocycles. The Morgan fingerprint density at radius 2 is 2.00 bits per heavy atom. The van der Waals surface area contributed by atoms with Crippen molar-refractivity contribution in [2.45, 2.75) is 6.43 Å². The van der Waals surface area contributed by atoms with Crippen LogP contribution in [0.15, 0.2) is 12.3 Å². The summed E-state index contributed by atoms with van der Waals surface area (Å²) in [5.41, 5.74) is -1.05. The minimum absolute atomic E-state index is 0.322. The normalized spacial score (nSPS) is 10.5. The second-order valence-corrected chi connectivity index (χ2v) is 2.15. The molecule has 0 unspecified atom stereocenters. The van der Waals surface area contributed by atoms with Crippen LogP contribution in [0.3, 0.4) is 0 Å². The third kappa shape index (κ3) is 2.01. The molecule has 0 saturated carbocycles. The molecule has 0 amide bonds. The Morgan fingerprint density at radius 1 is 1.38 bits per heavy atom. The van der Waals surface area contributed by atoms with Crippen molar-refractivity contribution in [2.24, 2.45) is 0 Å². The van der Waals surface area contributed by atoms with Gasteiger partial charge in [-0.3, -0.25) is 4.79 Å². The highest BCUT2D eigenvalue weighted by Gasteiger charge is 2.23. The van der Waals surface area contributed by atoms with Crippen LogP contribution in [0.5, 0.6) is 0 Å². The van der Waals surface area contributed by atoms with Gasteiger partial charge in [-0.25, -0.2) is 22.5 Å². The number of ketones is 1. The Balaban J connectivity index is 3.09. The van der Waals surface area contributed by atoms with Crippen molar-refractivity contribution in [3.05, 3.63) is 29.6 Å². The Bertz CT molecular complexity index is 339. The minimum Gasteiger partial charge on any atom is -0.286 e. The number of aromatic nitrogens is 1. The molecule has 1 rings (SSSR count). The van der Waals surface area contributed by atoms with Crippen LogP contribution in [0.4, 0.5) is 17.6 Å². The molecule has 0 aromatic carbocycles. The van der Waals surface area contributed by atoms with Crippen LogP contribution in [0.25, 0.3) is 0 Å². The average Bonchev–Trinajstić information content (AvgIpc) is 2.03. The summed E-state index contributed by atoms with van der Waals surface area (Å²) in [6, 6.07) is 0.322. The summed E-state index contributed by atoms with van der Waals surface area (Å²) in [6.45, 7) is 0. The number of rotatable bonds is 2. The van der Waals surface area contributed by atoms with Crippen molar-refractivity contribution in [2.75, 3.05) is 0 Å². The Morgan fingerprint density at radius 3 is 2.46 bits per heavy atom. The fraction of sp³-hybridized carbons (Fsp3) is 0.143. The first-order chi connectivity index (χ1) is 6.02. The molecule has 0 atom stereocenters. The smallest absolute Gasteiger partial charge is 0.286 e. The summed E-state index contributed by atoms with van der Waals surface area (Å²) in [6.07, 6.45) is -2.84. The summed E-state index contributed by atoms with van der Waals surface area (Å²) in [5.74, 6) is -4.16. The minimum atomic E-state index is -3.34. The third-order valence-corrected chi connectivity index (χ3v) is 1.24. The van der Waals surface area contributed by atoms with Gasteiger partial charge in [-0.15, -0.1) is 0 Å². The van der Waals surface area contributed by atoms with Crippen molar-refractivity contribution in [3.63, 3.8) is 0 Å². The van der Waals surface area contributed by atoms with Crippen LogP contribution in [0, 0.1) is 11.6 Å². The van der Waals surface area contributed by atoms with Gasteiger partial charge in [0.2, 0.25) is 5.78 Å². The van der Waals surface area contributed by atoms with E-state index in [9.17, 15) is 22.4 Å². The largest absolute Gasteiger partial charge is 0.302 e. The number of hydrogen-bond acceptors (Lipinski definition) is 2. The van der Waals surface area contributed by atoms with E-state index in [0.29, 0.717) is 12.3 Å². The van der Waals surface area contributed by atoms with Crippen molar-refractivity contribution in [1.82, 2.24) is 4.98 Å². The SMILES string of the molecule is O=C(c1ncc(F)cc1F)C(F)F. The molecule has 0 N–H and O–H groups in total. The van der Waals surface area contributed by atoms with Gasteiger partial charge >= 0.3 is 6.43 Å². The molecule has 0 aliphatic rings. The standard InChI is InChI=1S/C7H3F4NO/c8-3-1-4(9)5(12-2-3)6(13)7(10)11/h1-2,7H. The van der Waals surface area contributed by atoms with E-state index in [0.717, 1.165) is 0 Å². The molecule has 6 heteroatoms. The van der Waals surface area contributed by atoms with Gasteiger partial charge in [-0.05, 0) is 0 Å². The quantitative estimate of drug-likeness (QED) is 0.529. The lowest BCUT2D eigenvalue weighted by Crippen LogP contribution is -2.14. The van der Waals surface area contributed by atoms with Crippen LogP contribution in [-0.4, -0.2) is 17.2 Å². The summed E-state index contributed by atoms with van der Waals surface area (Å²) in [7, 11) is 0. The van der Waals surface area contributed by atoms with E-state index < -0.39 is 29.5 Å². The summed E-state index contributed by atoms with van der Waals surface area (Å²) < 4.78 is 48.3. The first-order valence-electron chi connectivity index (χ1n) is 3.16. The molecule has 0 fully saturated rings. The van der Waals surface area contributed by atoms with Gasteiger partial charge in [0.15, 0.2) is 5.82 Å². The maximum absolute atomic E-state index is 12.6. The fourth-order valence-corrected chi connectivity index (χ4v) is 0.699. The zero-order valence-corrected chi connectivity index (χ0v) is 6.10. The first kappa shape index (κ1) is 9.63. The molecule has 1 aromatic rings. The predicted octanol–water partition coefficient (Wildman–Crippen LogP) is 1.81. The molecule has 0 bridgehead atoms. The number of nitrogens with zero attached hydrogens (tertiary/aromatic N) is 1. The number of alkyl halides is 2. The lowest BCUT2D eigenvalue weighted by molar-refractivity contribution is 0.0668. The zero-order valence-electron chi connectivity index (χ0n) is 6.10. The second-order valence-electron chi connectivity index (χ2n) is 2.15. The fourth-order valence-electron chi connectivity index (χ4n) is 0.699. The van der Waals surface area contributed by atoms with Gasteiger partial charge in [0.05, 0.1) is 6.20 Å². The number of Topliss-reactive ketones (excluding diaryl/α,β-unsaturated/α-hetero) is 1. The van der Waals surface area contributed by atoms with E-state index in [1.54, 1.807) is 0 Å². The molecule has 13 heavy (non-hydrogen) atoms. The molecule has 0 radical (unpaired) electrons. The third-order valence-electron chi connectivity index (χ3n) is 1.24. The van der Waals surface area contributed by atoms with Crippen LogP contribution in [0.1, 0.15) is 10.5 Å².